The third kappa shape index (κ3) is 7.92. The van der Waals surface area contributed by atoms with Crippen molar-refractivity contribution >= 4 is 23.9 Å². The van der Waals surface area contributed by atoms with E-state index in [1.54, 1.807) is 51.7 Å². The lowest BCUT2D eigenvalue weighted by atomic mass is 9.74. The predicted octanol–water partition coefficient (Wildman–Crippen LogP) is 5.42. The third-order valence-corrected chi connectivity index (χ3v) is 7.14. The maximum absolute atomic E-state index is 14.2. The number of benzene rings is 1. The number of hydrogen-bond acceptors (Lipinski definition) is 7. The molecule has 0 bridgehead atoms. The molecule has 10 heteroatoms. The van der Waals surface area contributed by atoms with Gasteiger partial charge in [-0.25, -0.2) is 9.18 Å². The Morgan fingerprint density at radius 2 is 1.69 bits per heavy atom. The van der Waals surface area contributed by atoms with Gasteiger partial charge in [-0.15, -0.1) is 0 Å². The number of hydrogen-bond donors (Lipinski definition) is 1. The molecule has 0 aliphatic carbocycles. The molecule has 1 aliphatic rings. The van der Waals surface area contributed by atoms with Crippen molar-refractivity contribution in [3.05, 3.63) is 35.6 Å². The second kappa shape index (κ2) is 13.3. The van der Waals surface area contributed by atoms with Gasteiger partial charge in [-0.2, -0.15) is 0 Å². The number of alkyl carbamates (subject to hydrolysis) is 1. The van der Waals surface area contributed by atoms with Crippen LogP contribution in [0.4, 0.5) is 9.18 Å². The summed E-state index contributed by atoms with van der Waals surface area (Å²) in [6.45, 7) is 13.5. The van der Waals surface area contributed by atoms with Crippen LogP contribution in [0.25, 0.3) is 0 Å². The Morgan fingerprint density at radius 3 is 2.23 bits per heavy atom. The van der Waals surface area contributed by atoms with E-state index >= 15 is 0 Å². The Balaban J connectivity index is 2.46. The number of likely N-dealkylation sites (tertiary alicyclic amines) is 1. The van der Waals surface area contributed by atoms with Crippen molar-refractivity contribution in [2.24, 2.45) is 5.41 Å². The summed E-state index contributed by atoms with van der Waals surface area (Å²) in [4.78, 5) is 53.4. The summed E-state index contributed by atoms with van der Waals surface area (Å²) < 4.78 is 30.3. The van der Waals surface area contributed by atoms with Crippen LogP contribution in [0, 0.1) is 11.2 Å². The van der Waals surface area contributed by atoms with Crippen molar-refractivity contribution in [1.82, 2.24) is 10.2 Å². The minimum Gasteiger partial charge on any atom is -0.444 e. The van der Waals surface area contributed by atoms with E-state index in [-0.39, 0.29) is 6.42 Å². The van der Waals surface area contributed by atoms with Crippen molar-refractivity contribution in [1.29, 1.82) is 0 Å². The van der Waals surface area contributed by atoms with Crippen LogP contribution >= 0.6 is 0 Å². The first-order valence-corrected chi connectivity index (χ1v) is 13.7. The first-order chi connectivity index (χ1) is 18.2. The number of carbonyl (C=O) groups is 4. The SMILES string of the molecule is CCC(=O)OC(C)OC(=O)C(CC)(CC)[C@H]1CC[C@@H](c2cccc(F)c2)N1C(=O)[C@@H](C)NC(=O)OC(C)(C)C. The van der Waals surface area contributed by atoms with Gasteiger partial charge in [-0.1, -0.05) is 32.9 Å². The van der Waals surface area contributed by atoms with Gasteiger partial charge in [-0.3, -0.25) is 14.4 Å². The molecule has 1 aliphatic heterocycles. The number of halogens is 1. The molecule has 1 unspecified atom stereocenters. The number of nitrogens with zero attached hydrogens (tertiary/aromatic N) is 1. The molecule has 0 spiro atoms. The molecule has 1 aromatic rings. The smallest absolute Gasteiger partial charge is 0.408 e. The summed E-state index contributed by atoms with van der Waals surface area (Å²) in [5.74, 6) is -1.95. The van der Waals surface area contributed by atoms with E-state index < -0.39 is 65.2 Å². The van der Waals surface area contributed by atoms with Gasteiger partial charge in [0.25, 0.3) is 0 Å². The quantitative estimate of drug-likeness (QED) is 0.306. The minimum atomic E-state index is -1.13. The fraction of sp³-hybridized carbons (Fsp3) is 0.655. The number of rotatable bonds is 10. The number of amides is 2. The van der Waals surface area contributed by atoms with Gasteiger partial charge in [0.05, 0.1) is 11.5 Å². The molecule has 9 nitrogen and oxygen atoms in total. The van der Waals surface area contributed by atoms with Gasteiger partial charge in [0.15, 0.2) is 0 Å². The molecule has 1 fully saturated rings. The summed E-state index contributed by atoms with van der Waals surface area (Å²) in [7, 11) is 0. The van der Waals surface area contributed by atoms with Crippen LogP contribution in [0.2, 0.25) is 0 Å². The Kier molecular flexibility index (Phi) is 10.9. The Labute approximate surface area is 230 Å². The van der Waals surface area contributed by atoms with Crippen molar-refractivity contribution in [3.63, 3.8) is 0 Å². The van der Waals surface area contributed by atoms with Crippen LogP contribution in [-0.4, -0.2) is 52.8 Å². The van der Waals surface area contributed by atoms with Crippen LogP contribution in [0.3, 0.4) is 0 Å². The molecule has 1 N–H and O–H groups in total. The molecular weight excluding hydrogens is 507 g/mol. The molecule has 0 saturated carbocycles. The van der Waals surface area contributed by atoms with Crippen molar-refractivity contribution < 1.29 is 37.8 Å². The Morgan fingerprint density at radius 1 is 1.05 bits per heavy atom. The third-order valence-electron chi connectivity index (χ3n) is 7.14. The molecule has 4 atom stereocenters. The lowest BCUT2D eigenvalue weighted by Gasteiger charge is -2.43. The van der Waals surface area contributed by atoms with Gasteiger partial charge in [-0.05, 0) is 71.1 Å². The molecule has 39 heavy (non-hydrogen) atoms. The largest absolute Gasteiger partial charge is 0.444 e. The van der Waals surface area contributed by atoms with Crippen LogP contribution < -0.4 is 5.32 Å². The van der Waals surface area contributed by atoms with Gasteiger partial charge >= 0.3 is 18.0 Å². The van der Waals surface area contributed by atoms with E-state index in [2.05, 4.69) is 5.32 Å². The maximum atomic E-state index is 14.2. The summed E-state index contributed by atoms with van der Waals surface area (Å²) in [6.07, 6.45) is -0.0915. The van der Waals surface area contributed by atoms with Gasteiger partial charge in [0, 0.05) is 19.4 Å². The molecule has 2 rings (SSSR count). The fourth-order valence-corrected chi connectivity index (χ4v) is 5.18. The average Bonchev–Trinajstić information content (AvgIpc) is 3.28. The van der Waals surface area contributed by atoms with Crippen molar-refractivity contribution in [2.45, 2.75) is 118 Å². The average molecular weight is 551 g/mol. The van der Waals surface area contributed by atoms with Crippen LogP contribution in [0.1, 0.15) is 99.1 Å². The van der Waals surface area contributed by atoms with E-state index in [0.717, 1.165) is 0 Å². The number of esters is 2. The fourth-order valence-electron chi connectivity index (χ4n) is 5.18. The first kappa shape index (κ1) is 32.0. The maximum Gasteiger partial charge on any atom is 0.408 e. The Hall–Kier alpha value is -3.17. The highest BCUT2D eigenvalue weighted by Crippen LogP contribution is 2.47. The predicted molar refractivity (Wildman–Crippen MR) is 143 cm³/mol. The monoisotopic (exact) mass is 550 g/mol. The van der Waals surface area contributed by atoms with E-state index in [9.17, 15) is 23.6 Å². The highest BCUT2D eigenvalue weighted by molar-refractivity contribution is 5.87. The second-order valence-electron chi connectivity index (χ2n) is 11.0. The normalized spacial score (nSPS) is 19.2. The minimum absolute atomic E-state index is 0.136. The van der Waals surface area contributed by atoms with Gasteiger partial charge < -0.3 is 24.4 Å². The lowest BCUT2D eigenvalue weighted by molar-refractivity contribution is -0.195. The summed E-state index contributed by atoms with van der Waals surface area (Å²) in [6, 6.07) is 3.90. The molecule has 2 amide bonds. The zero-order valence-electron chi connectivity index (χ0n) is 24.3. The highest BCUT2D eigenvalue weighted by atomic mass is 19.1. The zero-order valence-corrected chi connectivity index (χ0v) is 24.3. The molecule has 1 aromatic carbocycles. The number of carbonyl (C=O) groups excluding carboxylic acids is 4. The molecule has 1 heterocycles. The Bertz CT molecular complexity index is 1030. The van der Waals surface area contributed by atoms with Crippen LogP contribution in [0.15, 0.2) is 24.3 Å². The van der Waals surface area contributed by atoms with E-state index in [4.69, 9.17) is 14.2 Å². The van der Waals surface area contributed by atoms with Crippen LogP contribution in [-0.2, 0) is 28.6 Å². The van der Waals surface area contributed by atoms with Crippen molar-refractivity contribution in [3.8, 4) is 0 Å². The van der Waals surface area contributed by atoms with Gasteiger partial charge in [0.2, 0.25) is 12.2 Å². The van der Waals surface area contributed by atoms with Crippen molar-refractivity contribution in [2.75, 3.05) is 0 Å². The standard InChI is InChI=1S/C29H43FN2O7/c1-9-24(33)37-19(5)38-26(35)29(10-2,11-3)23-16-15-22(20-13-12-14-21(30)17-20)32(23)25(34)18(4)31-27(36)39-28(6,7)8/h12-14,17-19,22-23H,9-11,15-16H2,1-8H3,(H,31,36)/t18-,19?,22+,23-/m1/s1. The molecule has 0 radical (unpaired) electrons. The lowest BCUT2D eigenvalue weighted by Crippen LogP contribution is -2.56. The van der Waals surface area contributed by atoms with Crippen LogP contribution in [0.5, 0.6) is 0 Å². The summed E-state index contributed by atoms with van der Waals surface area (Å²) in [5, 5.41) is 2.59. The highest BCUT2D eigenvalue weighted by Gasteiger charge is 2.54. The number of ether oxygens (including phenoxy) is 3. The molecular formula is C29H43FN2O7. The van der Waals surface area contributed by atoms with E-state index in [1.165, 1.54) is 19.1 Å². The molecule has 0 aromatic heterocycles. The second-order valence-corrected chi connectivity index (χ2v) is 11.0. The molecule has 1 saturated heterocycles. The zero-order chi connectivity index (χ0) is 29.5. The topological polar surface area (TPSA) is 111 Å². The first-order valence-electron chi connectivity index (χ1n) is 13.7. The summed E-state index contributed by atoms with van der Waals surface area (Å²) in [5.41, 5.74) is -1.29. The van der Waals surface area contributed by atoms with Gasteiger partial charge in [0.1, 0.15) is 17.5 Å². The summed E-state index contributed by atoms with van der Waals surface area (Å²) >= 11 is 0. The van der Waals surface area contributed by atoms with E-state index in [0.29, 0.717) is 31.2 Å². The molecule has 218 valence electrons. The van der Waals surface area contributed by atoms with E-state index in [1.807, 2.05) is 13.8 Å². The number of nitrogens with one attached hydrogen (secondary N) is 1.